The Morgan fingerprint density at radius 1 is 0.889 bits per heavy atom. The molecule has 0 saturated heterocycles. The van der Waals surface area contributed by atoms with Gasteiger partial charge in [-0.25, -0.2) is 4.79 Å². The topological polar surface area (TPSA) is 126 Å². The van der Waals surface area contributed by atoms with E-state index in [2.05, 4.69) is 0 Å². The van der Waals surface area contributed by atoms with Crippen LogP contribution in [0.5, 0.6) is 28.7 Å². The van der Waals surface area contributed by atoms with Gasteiger partial charge in [0.1, 0.15) is 29.4 Å². The van der Waals surface area contributed by atoms with Gasteiger partial charge >= 0.3 is 5.63 Å². The summed E-state index contributed by atoms with van der Waals surface area (Å²) in [7, 11) is 1.47. The van der Waals surface area contributed by atoms with Crippen LogP contribution in [0.2, 0.25) is 0 Å². The molecule has 0 unspecified atom stereocenters. The van der Waals surface area contributed by atoms with Crippen LogP contribution in [-0.4, -0.2) is 34.8 Å². The highest BCUT2D eigenvalue weighted by Crippen LogP contribution is 2.31. The fraction of sp³-hybridized carbons (Fsp3) is 0.143. The van der Waals surface area contributed by atoms with Gasteiger partial charge in [-0.05, 0) is 56.3 Å². The molecule has 1 aromatic heterocycles. The minimum atomic E-state index is -0.437. The van der Waals surface area contributed by atoms with Gasteiger partial charge in [0.25, 0.3) is 0 Å². The molecule has 0 amide bonds. The van der Waals surface area contributed by atoms with E-state index in [1.165, 1.54) is 49.6 Å². The van der Waals surface area contributed by atoms with Crippen molar-refractivity contribution in [3.8, 4) is 28.7 Å². The number of methoxy groups -OCH3 is 1. The van der Waals surface area contributed by atoms with Crippen molar-refractivity contribution in [3.63, 3.8) is 0 Å². The summed E-state index contributed by atoms with van der Waals surface area (Å²) in [5.74, 6) is 0.0581. The first kappa shape index (κ1) is 25.9. The standard InChI is InChI=1S/C14H14O4.C14H12O4/c1-9(2)5-6-17-13-8-12-10(7-11(13)15)3-4-14(16)18-12;1-18-9-6-7-11(13(16)8-9)14(17)10-4-2-3-5-12(10)15/h3-5,7-8,15H,6H2,1-2H3;2-8,15-16H,1H3. The predicted molar refractivity (Wildman–Crippen MR) is 135 cm³/mol. The lowest BCUT2D eigenvalue weighted by Crippen LogP contribution is -2.02. The predicted octanol–water partition coefficient (Wildman–Crippen LogP) is 5.18. The molecule has 0 aliphatic carbocycles. The van der Waals surface area contributed by atoms with E-state index in [4.69, 9.17) is 13.9 Å². The molecule has 0 radical (unpaired) electrons. The molecule has 0 atom stereocenters. The van der Waals surface area contributed by atoms with Crippen molar-refractivity contribution in [1.82, 2.24) is 0 Å². The van der Waals surface area contributed by atoms with E-state index < -0.39 is 11.4 Å². The molecule has 4 aromatic rings. The number of carbonyl (C=O) groups is 1. The Bertz CT molecular complexity index is 1460. The van der Waals surface area contributed by atoms with Gasteiger partial charge in [0.2, 0.25) is 0 Å². The van der Waals surface area contributed by atoms with Gasteiger partial charge in [-0.3, -0.25) is 4.79 Å². The SMILES string of the molecule is CC(C)=CCOc1cc2oc(=O)ccc2cc1O.COc1ccc(C(=O)c2ccccc2O)c(O)c1. The van der Waals surface area contributed by atoms with E-state index in [9.17, 15) is 24.9 Å². The first-order chi connectivity index (χ1) is 17.2. The molecule has 0 aliphatic rings. The van der Waals surface area contributed by atoms with E-state index in [-0.39, 0.29) is 28.4 Å². The van der Waals surface area contributed by atoms with Gasteiger partial charge in [-0.1, -0.05) is 17.7 Å². The highest BCUT2D eigenvalue weighted by Gasteiger charge is 2.17. The van der Waals surface area contributed by atoms with Crippen molar-refractivity contribution in [2.24, 2.45) is 0 Å². The highest BCUT2D eigenvalue weighted by atomic mass is 16.5. The summed E-state index contributed by atoms with van der Waals surface area (Å²) >= 11 is 0. The number of carbonyl (C=O) groups excluding carboxylic acids is 1. The van der Waals surface area contributed by atoms with Crippen LogP contribution in [-0.2, 0) is 0 Å². The molecule has 0 fully saturated rings. The highest BCUT2D eigenvalue weighted by molar-refractivity contribution is 6.12. The summed E-state index contributed by atoms with van der Waals surface area (Å²) in [5.41, 5.74) is 1.37. The second-order valence-corrected chi connectivity index (χ2v) is 7.93. The fourth-order valence-corrected chi connectivity index (χ4v) is 3.14. The van der Waals surface area contributed by atoms with Crippen LogP contribution in [0.3, 0.4) is 0 Å². The molecule has 36 heavy (non-hydrogen) atoms. The molecule has 0 spiro atoms. The number of ether oxygens (including phenoxy) is 2. The largest absolute Gasteiger partial charge is 0.507 e. The van der Waals surface area contributed by atoms with Gasteiger partial charge in [-0.2, -0.15) is 0 Å². The van der Waals surface area contributed by atoms with Gasteiger partial charge in [0, 0.05) is 23.6 Å². The van der Waals surface area contributed by atoms with E-state index >= 15 is 0 Å². The number of benzene rings is 3. The number of para-hydroxylation sites is 1. The van der Waals surface area contributed by atoms with E-state index in [1.807, 2.05) is 19.9 Å². The van der Waals surface area contributed by atoms with Gasteiger partial charge in [0.15, 0.2) is 17.3 Å². The maximum absolute atomic E-state index is 12.1. The summed E-state index contributed by atoms with van der Waals surface area (Å²) in [6.07, 6.45) is 1.89. The number of aromatic hydroxyl groups is 3. The number of phenols is 3. The second-order valence-electron chi connectivity index (χ2n) is 7.93. The molecule has 8 heteroatoms. The smallest absolute Gasteiger partial charge is 0.336 e. The van der Waals surface area contributed by atoms with Gasteiger partial charge < -0.3 is 29.2 Å². The number of phenolic OH excluding ortho intramolecular Hbond substituents is 3. The summed E-state index contributed by atoms with van der Waals surface area (Å²) in [5, 5.41) is 29.8. The molecular weight excluding hydrogens is 464 g/mol. The Labute approximate surface area is 207 Å². The number of hydrogen-bond acceptors (Lipinski definition) is 8. The number of hydrogen-bond donors (Lipinski definition) is 3. The lowest BCUT2D eigenvalue weighted by atomic mass is 10.0. The van der Waals surface area contributed by atoms with Crippen LogP contribution >= 0.6 is 0 Å². The van der Waals surface area contributed by atoms with E-state index in [1.54, 1.807) is 24.3 Å². The fourth-order valence-electron chi connectivity index (χ4n) is 3.14. The van der Waals surface area contributed by atoms with Crippen molar-refractivity contribution in [3.05, 3.63) is 99.9 Å². The Hall–Kier alpha value is -4.72. The monoisotopic (exact) mass is 490 g/mol. The van der Waals surface area contributed by atoms with Crippen molar-refractivity contribution >= 4 is 16.8 Å². The summed E-state index contributed by atoms with van der Waals surface area (Å²) in [6.45, 7) is 4.28. The molecule has 1 heterocycles. The Morgan fingerprint density at radius 2 is 1.61 bits per heavy atom. The molecule has 0 aliphatic heterocycles. The molecule has 3 N–H and O–H groups in total. The lowest BCUT2D eigenvalue weighted by Gasteiger charge is -2.07. The maximum Gasteiger partial charge on any atom is 0.336 e. The summed E-state index contributed by atoms with van der Waals surface area (Å²) < 4.78 is 15.4. The zero-order valence-corrected chi connectivity index (χ0v) is 20.0. The van der Waals surface area contributed by atoms with E-state index in [0.717, 1.165) is 5.57 Å². The van der Waals surface area contributed by atoms with Crippen LogP contribution in [0.1, 0.15) is 29.8 Å². The Morgan fingerprint density at radius 3 is 2.28 bits per heavy atom. The first-order valence-electron chi connectivity index (χ1n) is 10.9. The lowest BCUT2D eigenvalue weighted by molar-refractivity contribution is 0.103. The van der Waals surface area contributed by atoms with Crippen LogP contribution < -0.4 is 15.1 Å². The number of allylic oxidation sites excluding steroid dienone is 1. The quantitative estimate of drug-likeness (QED) is 0.192. The molecule has 0 bridgehead atoms. The molecular formula is C28H26O8. The number of fused-ring (bicyclic) bond motifs is 1. The average Bonchev–Trinajstić information content (AvgIpc) is 2.84. The third kappa shape index (κ3) is 6.44. The normalized spacial score (nSPS) is 10.2. The summed E-state index contributed by atoms with van der Waals surface area (Å²) in [6, 6.07) is 16.5. The minimum absolute atomic E-state index is 0.0264. The molecule has 4 rings (SSSR count). The average molecular weight is 491 g/mol. The van der Waals surface area contributed by atoms with Crippen LogP contribution in [0, 0.1) is 0 Å². The van der Waals surface area contributed by atoms with Crippen LogP contribution in [0.4, 0.5) is 0 Å². The molecule has 3 aromatic carbocycles. The summed E-state index contributed by atoms with van der Waals surface area (Å²) in [4.78, 5) is 23.2. The molecule has 0 saturated carbocycles. The van der Waals surface area contributed by atoms with Crippen molar-refractivity contribution in [1.29, 1.82) is 0 Å². The first-order valence-corrected chi connectivity index (χ1v) is 10.9. The van der Waals surface area contributed by atoms with Gasteiger partial charge in [0.05, 0.1) is 18.2 Å². The van der Waals surface area contributed by atoms with Gasteiger partial charge in [-0.15, -0.1) is 0 Å². The van der Waals surface area contributed by atoms with Crippen LogP contribution in [0.15, 0.2) is 87.6 Å². The van der Waals surface area contributed by atoms with Crippen molar-refractivity contribution in [2.45, 2.75) is 13.8 Å². The minimum Gasteiger partial charge on any atom is -0.507 e. The van der Waals surface area contributed by atoms with Crippen molar-refractivity contribution < 1.29 is 34.0 Å². The third-order valence-electron chi connectivity index (χ3n) is 5.03. The number of ketones is 1. The van der Waals surface area contributed by atoms with E-state index in [0.29, 0.717) is 29.1 Å². The zero-order valence-electron chi connectivity index (χ0n) is 20.0. The maximum atomic E-state index is 12.1. The zero-order chi connectivity index (χ0) is 26.2. The number of rotatable bonds is 6. The molecule has 186 valence electrons. The van der Waals surface area contributed by atoms with Crippen LogP contribution in [0.25, 0.3) is 11.0 Å². The Balaban J connectivity index is 0.000000201. The van der Waals surface area contributed by atoms with Crippen molar-refractivity contribution in [2.75, 3.05) is 13.7 Å². The Kier molecular flexibility index (Phi) is 8.35. The second kappa shape index (κ2) is 11.6. The molecule has 8 nitrogen and oxygen atoms in total. The third-order valence-corrected chi connectivity index (χ3v) is 5.03.